The summed E-state index contributed by atoms with van der Waals surface area (Å²) in [5.41, 5.74) is 7.80. The van der Waals surface area contributed by atoms with Gasteiger partial charge in [-0.25, -0.2) is 4.98 Å². The molecular weight excluding hydrogens is 460 g/mol. The van der Waals surface area contributed by atoms with Crippen LogP contribution in [-0.4, -0.2) is 35.1 Å². The highest BCUT2D eigenvalue weighted by Crippen LogP contribution is 2.35. The number of nitrogens with one attached hydrogen (secondary N) is 1. The number of rotatable bonds is 7. The molecule has 0 spiro atoms. The molecule has 3 heterocycles. The first kappa shape index (κ1) is 23.7. The molecule has 184 valence electrons. The molecule has 0 radical (unpaired) electrons. The number of primary amides is 1. The Kier molecular flexibility index (Phi) is 7.27. The Labute approximate surface area is 209 Å². The third-order valence-electron chi connectivity index (χ3n) is 7.07. The van der Waals surface area contributed by atoms with E-state index in [2.05, 4.69) is 15.2 Å². The maximum atomic E-state index is 13.3. The van der Waals surface area contributed by atoms with Gasteiger partial charge in [0.2, 0.25) is 5.91 Å². The molecule has 1 aromatic carbocycles. The van der Waals surface area contributed by atoms with E-state index in [4.69, 9.17) is 10.2 Å². The molecule has 3 N–H and O–H groups in total. The van der Waals surface area contributed by atoms with Crippen LogP contribution in [0.3, 0.4) is 0 Å². The molecule has 2 amide bonds. The molecule has 1 atom stereocenters. The number of piperidine rings is 1. The van der Waals surface area contributed by atoms with E-state index in [0.29, 0.717) is 23.2 Å². The SMILES string of the molecule is NC(=O)C1CCCN(c2ccc(NC(=O)c3oc4ccccc4c3CSC3CCCCC3)cn2)C1. The van der Waals surface area contributed by atoms with E-state index in [1.807, 2.05) is 48.2 Å². The van der Waals surface area contributed by atoms with Gasteiger partial charge in [0.1, 0.15) is 11.4 Å². The molecule has 7 nitrogen and oxygen atoms in total. The van der Waals surface area contributed by atoms with Gasteiger partial charge in [-0.3, -0.25) is 9.59 Å². The Morgan fingerprint density at radius 1 is 1.09 bits per heavy atom. The monoisotopic (exact) mass is 492 g/mol. The van der Waals surface area contributed by atoms with Crippen LogP contribution in [0.25, 0.3) is 11.0 Å². The summed E-state index contributed by atoms with van der Waals surface area (Å²) in [6.45, 7) is 1.42. The average molecular weight is 493 g/mol. The van der Waals surface area contributed by atoms with Gasteiger partial charge in [-0.2, -0.15) is 11.8 Å². The number of hydrogen-bond donors (Lipinski definition) is 2. The van der Waals surface area contributed by atoms with Crippen molar-refractivity contribution in [3.63, 3.8) is 0 Å². The van der Waals surface area contributed by atoms with E-state index in [1.165, 1.54) is 32.1 Å². The summed E-state index contributed by atoms with van der Waals surface area (Å²) in [5.74, 6) is 1.24. The zero-order chi connectivity index (χ0) is 24.2. The third-order valence-corrected chi connectivity index (χ3v) is 8.47. The first-order chi connectivity index (χ1) is 17.1. The lowest BCUT2D eigenvalue weighted by Gasteiger charge is -2.32. The van der Waals surface area contributed by atoms with Crippen LogP contribution in [-0.2, 0) is 10.5 Å². The highest BCUT2D eigenvalue weighted by molar-refractivity contribution is 7.99. The molecule has 1 saturated carbocycles. The van der Waals surface area contributed by atoms with Crippen molar-refractivity contribution in [2.75, 3.05) is 23.3 Å². The van der Waals surface area contributed by atoms with Crippen LogP contribution in [0.1, 0.15) is 61.1 Å². The molecule has 1 aliphatic carbocycles. The molecule has 35 heavy (non-hydrogen) atoms. The molecular formula is C27H32N4O3S. The number of benzene rings is 1. The van der Waals surface area contributed by atoms with Gasteiger partial charge in [0.05, 0.1) is 17.8 Å². The molecule has 5 rings (SSSR count). The summed E-state index contributed by atoms with van der Waals surface area (Å²) in [7, 11) is 0. The molecule has 1 unspecified atom stereocenters. The number of carbonyl (C=O) groups is 2. The molecule has 0 bridgehead atoms. The van der Waals surface area contributed by atoms with Gasteiger partial charge in [-0.15, -0.1) is 0 Å². The number of hydrogen-bond acceptors (Lipinski definition) is 6. The summed E-state index contributed by atoms with van der Waals surface area (Å²) in [6, 6.07) is 11.6. The first-order valence-electron chi connectivity index (χ1n) is 12.5. The van der Waals surface area contributed by atoms with Gasteiger partial charge >= 0.3 is 0 Å². The van der Waals surface area contributed by atoms with E-state index >= 15 is 0 Å². The Balaban J connectivity index is 1.30. The van der Waals surface area contributed by atoms with Crippen LogP contribution in [0.15, 0.2) is 47.0 Å². The second-order valence-corrected chi connectivity index (χ2v) is 10.8. The number of para-hydroxylation sites is 1. The first-order valence-corrected chi connectivity index (χ1v) is 13.6. The summed E-state index contributed by atoms with van der Waals surface area (Å²) < 4.78 is 6.03. The third kappa shape index (κ3) is 5.48. The maximum absolute atomic E-state index is 13.3. The van der Waals surface area contributed by atoms with Crippen molar-refractivity contribution >= 4 is 46.1 Å². The fourth-order valence-electron chi connectivity index (χ4n) is 5.11. The molecule has 2 fully saturated rings. The van der Waals surface area contributed by atoms with Crippen LogP contribution in [0, 0.1) is 5.92 Å². The van der Waals surface area contributed by atoms with Crippen molar-refractivity contribution < 1.29 is 14.0 Å². The lowest BCUT2D eigenvalue weighted by molar-refractivity contribution is -0.122. The number of furan rings is 1. The maximum Gasteiger partial charge on any atom is 0.291 e. The topological polar surface area (TPSA) is 101 Å². The smallest absolute Gasteiger partial charge is 0.291 e. The minimum absolute atomic E-state index is 0.150. The second kappa shape index (κ2) is 10.7. The number of aromatic nitrogens is 1. The Morgan fingerprint density at radius 3 is 2.69 bits per heavy atom. The number of pyridine rings is 1. The number of thioether (sulfide) groups is 1. The van der Waals surface area contributed by atoms with E-state index in [9.17, 15) is 9.59 Å². The number of anilines is 2. The largest absolute Gasteiger partial charge is 0.451 e. The highest BCUT2D eigenvalue weighted by atomic mass is 32.2. The highest BCUT2D eigenvalue weighted by Gasteiger charge is 2.25. The average Bonchev–Trinajstić information content (AvgIpc) is 3.27. The molecule has 3 aromatic rings. The van der Waals surface area contributed by atoms with Gasteiger partial charge < -0.3 is 20.4 Å². The minimum Gasteiger partial charge on any atom is -0.451 e. The van der Waals surface area contributed by atoms with Gasteiger partial charge in [-0.1, -0.05) is 37.5 Å². The summed E-state index contributed by atoms with van der Waals surface area (Å²) >= 11 is 1.94. The molecule has 1 saturated heterocycles. The molecule has 1 aliphatic heterocycles. The van der Waals surface area contributed by atoms with Crippen LogP contribution < -0.4 is 16.0 Å². The van der Waals surface area contributed by atoms with E-state index in [-0.39, 0.29) is 17.7 Å². The van der Waals surface area contributed by atoms with Gasteiger partial charge in [0.25, 0.3) is 5.91 Å². The van der Waals surface area contributed by atoms with Crippen molar-refractivity contribution in [2.24, 2.45) is 11.7 Å². The zero-order valence-corrected chi connectivity index (χ0v) is 20.7. The van der Waals surface area contributed by atoms with Crippen molar-refractivity contribution in [3.05, 3.63) is 53.9 Å². The number of amides is 2. The minimum atomic E-state index is -0.262. The van der Waals surface area contributed by atoms with Crippen LogP contribution in [0.2, 0.25) is 0 Å². The zero-order valence-electron chi connectivity index (χ0n) is 19.9. The van der Waals surface area contributed by atoms with Gasteiger partial charge in [0, 0.05) is 35.0 Å². The Morgan fingerprint density at radius 2 is 1.91 bits per heavy atom. The summed E-state index contributed by atoms with van der Waals surface area (Å²) in [6.07, 6.45) is 9.78. The molecule has 2 aliphatic rings. The fourth-order valence-corrected chi connectivity index (χ4v) is 6.47. The Hall–Kier alpha value is -3.00. The van der Waals surface area contributed by atoms with Gasteiger partial charge in [-0.05, 0) is 43.9 Å². The normalized spacial score (nSPS) is 19.1. The van der Waals surface area contributed by atoms with Crippen LogP contribution in [0.4, 0.5) is 11.5 Å². The van der Waals surface area contributed by atoms with Crippen LogP contribution >= 0.6 is 11.8 Å². The van der Waals surface area contributed by atoms with E-state index in [0.717, 1.165) is 47.5 Å². The standard InChI is InChI=1S/C27H32N4O3S/c28-26(32)18-7-6-14-31(16-18)24-13-12-19(15-29-24)30-27(33)25-22(17-35-20-8-2-1-3-9-20)21-10-4-5-11-23(21)34-25/h4-5,10-13,15,18,20H,1-3,6-9,14,16-17H2,(H2,28,32)(H,30,33). The van der Waals surface area contributed by atoms with Crippen molar-refractivity contribution in [2.45, 2.75) is 55.9 Å². The van der Waals surface area contributed by atoms with Crippen LogP contribution in [0.5, 0.6) is 0 Å². The second-order valence-electron chi connectivity index (χ2n) is 9.52. The predicted molar refractivity (Wildman–Crippen MR) is 141 cm³/mol. The van der Waals surface area contributed by atoms with Crippen molar-refractivity contribution in [1.82, 2.24) is 4.98 Å². The Bertz CT molecular complexity index is 1190. The lowest BCUT2D eigenvalue weighted by Crippen LogP contribution is -2.41. The number of nitrogens with two attached hydrogens (primary N) is 1. The quantitative estimate of drug-likeness (QED) is 0.461. The van der Waals surface area contributed by atoms with Gasteiger partial charge in [0.15, 0.2) is 5.76 Å². The number of carbonyl (C=O) groups excluding carboxylic acids is 2. The predicted octanol–water partition coefficient (Wildman–Crippen LogP) is 5.35. The number of nitrogens with zero attached hydrogens (tertiary/aromatic N) is 2. The fraction of sp³-hybridized carbons (Fsp3) is 0.444. The summed E-state index contributed by atoms with van der Waals surface area (Å²) in [4.78, 5) is 31.4. The van der Waals surface area contributed by atoms with Crippen molar-refractivity contribution in [1.29, 1.82) is 0 Å². The van der Waals surface area contributed by atoms with E-state index < -0.39 is 0 Å². The number of fused-ring (bicyclic) bond motifs is 1. The lowest BCUT2D eigenvalue weighted by atomic mass is 9.97. The van der Waals surface area contributed by atoms with Crippen molar-refractivity contribution in [3.8, 4) is 0 Å². The van der Waals surface area contributed by atoms with E-state index in [1.54, 1.807) is 6.20 Å². The molecule has 2 aromatic heterocycles. The molecule has 8 heteroatoms. The summed E-state index contributed by atoms with van der Waals surface area (Å²) in [5, 5.41) is 4.61.